The predicted molar refractivity (Wildman–Crippen MR) is 165 cm³/mol. The van der Waals surface area contributed by atoms with Gasteiger partial charge in [0.2, 0.25) is 0 Å². The number of halogens is 1. The molecular formula is C34H30ClO4P. The van der Waals surface area contributed by atoms with E-state index in [0.717, 1.165) is 49.6 Å². The van der Waals surface area contributed by atoms with Crippen molar-refractivity contribution < 1.29 is 18.7 Å². The second-order valence-electron chi connectivity index (χ2n) is 9.73. The maximum atomic E-state index is 7.78. The van der Waals surface area contributed by atoms with E-state index in [1.807, 2.05) is 48.5 Å². The molecule has 0 aromatic heterocycles. The molecule has 40 heavy (non-hydrogen) atoms. The Balaban J connectivity index is 1.78. The van der Waals surface area contributed by atoms with E-state index in [1.165, 1.54) is 0 Å². The standard InChI is InChI=1S/C34H30ClO4P/c1-36-26-12-18-29(19-13-26)40(30-20-14-27(37-2)15-21-30,31-22-16-28(38-3)17-23-31)33-7-5-4-6-32(33)34(39-40)24-8-10-25(35)11-9-24/h4-23,34H,1-3H3/t34-/m0/s1. The molecule has 202 valence electrons. The quantitative estimate of drug-likeness (QED) is 0.209. The summed E-state index contributed by atoms with van der Waals surface area (Å²) in [5, 5.41) is 5.07. The first-order valence-corrected chi connectivity index (χ1v) is 15.6. The van der Waals surface area contributed by atoms with Gasteiger partial charge in [0.15, 0.2) is 0 Å². The number of hydrogen-bond acceptors (Lipinski definition) is 4. The van der Waals surface area contributed by atoms with Gasteiger partial charge in [-0.05, 0) is 0 Å². The topological polar surface area (TPSA) is 36.9 Å². The summed E-state index contributed by atoms with van der Waals surface area (Å²) in [6, 6.07) is 41.5. The third kappa shape index (κ3) is 3.83. The normalized spacial score (nSPS) is 17.7. The van der Waals surface area contributed by atoms with Gasteiger partial charge in [0.25, 0.3) is 0 Å². The molecule has 1 heterocycles. The fraction of sp³-hybridized carbons (Fsp3) is 0.118. The Morgan fingerprint density at radius 1 is 0.550 bits per heavy atom. The zero-order valence-corrected chi connectivity index (χ0v) is 24.2. The maximum absolute atomic E-state index is 7.78. The van der Waals surface area contributed by atoms with Crippen LogP contribution in [0.5, 0.6) is 17.2 Å². The zero-order chi connectivity index (χ0) is 27.8. The van der Waals surface area contributed by atoms with Crippen LogP contribution in [-0.4, -0.2) is 21.3 Å². The molecular weight excluding hydrogens is 539 g/mol. The van der Waals surface area contributed by atoms with Crippen LogP contribution in [0.3, 0.4) is 0 Å². The average Bonchev–Trinajstić information content (AvgIpc) is 3.35. The number of hydrogen-bond donors (Lipinski definition) is 0. The van der Waals surface area contributed by atoms with Crippen LogP contribution in [0.1, 0.15) is 17.2 Å². The van der Waals surface area contributed by atoms with Gasteiger partial charge in [0, 0.05) is 0 Å². The van der Waals surface area contributed by atoms with Crippen LogP contribution in [0.2, 0.25) is 5.02 Å². The van der Waals surface area contributed by atoms with E-state index in [1.54, 1.807) is 21.3 Å². The molecule has 0 unspecified atom stereocenters. The Bertz CT molecular complexity index is 1510. The molecule has 0 aliphatic carbocycles. The van der Waals surface area contributed by atoms with Crippen LogP contribution < -0.4 is 35.4 Å². The third-order valence-electron chi connectivity index (χ3n) is 7.86. The van der Waals surface area contributed by atoms with Crippen LogP contribution in [-0.2, 0) is 4.52 Å². The average molecular weight is 569 g/mol. The molecule has 0 bridgehead atoms. The summed E-state index contributed by atoms with van der Waals surface area (Å²) in [5.74, 6) is 2.35. The molecule has 0 radical (unpaired) electrons. The van der Waals surface area contributed by atoms with E-state index < -0.39 is 6.83 Å². The van der Waals surface area contributed by atoms with Gasteiger partial charge >= 0.3 is 241 Å². The van der Waals surface area contributed by atoms with Crippen LogP contribution in [0, 0.1) is 0 Å². The van der Waals surface area contributed by atoms with Gasteiger partial charge in [-0.1, -0.05) is 0 Å². The number of ether oxygens (including phenoxy) is 3. The minimum atomic E-state index is -3.83. The van der Waals surface area contributed by atoms with E-state index in [4.69, 9.17) is 30.3 Å². The van der Waals surface area contributed by atoms with Gasteiger partial charge in [-0.3, -0.25) is 0 Å². The molecule has 4 nitrogen and oxygen atoms in total. The van der Waals surface area contributed by atoms with Crippen molar-refractivity contribution in [3.8, 4) is 17.2 Å². The van der Waals surface area contributed by atoms with Crippen LogP contribution in [0.4, 0.5) is 0 Å². The first-order valence-electron chi connectivity index (χ1n) is 13.0. The monoisotopic (exact) mass is 568 g/mol. The molecule has 6 heteroatoms. The molecule has 1 aliphatic rings. The van der Waals surface area contributed by atoms with Crippen LogP contribution >= 0.6 is 18.4 Å². The van der Waals surface area contributed by atoms with Crippen molar-refractivity contribution >= 4 is 39.6 Å². The van der Waals surface area contributed by atoms with Crippen molar-refractivity contribution in [1.82, 2.24) is 0 Å². The summed E-state index contributed by atoms with van der Waals surface area (Å²) in [6.07, 6.45) is -0.322. The summed E-state index contributed by atoms with van der Waals surface area (Å²) in [4.78, 5) is 0. The molecule has 6 rings (SSSR count). The summed E-state index contributed by atoms with van der Waals surface area (Å²) >= 11 is 6.31. The van der Waals surface area contributed by atoms with Gasteiger partial charge in [-0.2, -0.15) is 0 Å². The second kappa shape index (κ2) is 10.3. The summed E-state index contributed by atoms with van der Waals surface area (Å²) in [6.45, 7) is -3.83. The van der Waals surface area contributed by atoms with E-state index in [2.05, 4.69) is 72.8 Å². The van der Waals surface area contributed by atoms with Crippen LogP contribution in [0.25, 0.3) is 0 Å². The first-order chi connectivity index (χ1) is 19.5. The molecule has 0 fully saturated rings. The fourth-order valence-electron chi connectivity index (χ4n) is 5.95. The Morgan fingerprint density at radius 3 is 1.40 bits per heavy atom. The Kier molecular flexibility index (Phi) is 6.80. The summed E-state index contributed by atoms with van der Waals surface area (Å²) in [7, 11) is 5.05. The van der Waals surface area contributed by atoms with Gasteiger partial charge in [-0.25, -0.2) is 0 Å². The molecule has 1 atom stereocenters. The van der Waals surface area contributed by atoms with Crippen LogP contribution in [0.15, 0.2) is 121 Å². The Labute approximate surface area is 240 Å². The van der Waals surface area contributed by atoms with Gasteiger partial charge in [0.05, 0.1) is 0 Å². The first kappa shape index (κ1) is 26.4. The minimum absolute atomic E-state index is 0.322. The van der Waals surface area contributed by atoms with Gasteiger partial charge in [0.1, 0.15) is 0 Å². The summed E-state index contributed by atoms with van der Waals surface area (Å²) in [5.41, 5.74) is 2.17. The molecule has 0 amide bonds. The zero-order valence-electron chi connectivity index (χ0n) is 22.6. The van der Waals surface area contributed by atoms with Crippen molar-refractivity contribution in [1.29, 1.82) is 0 Å². The Morgan fingerprint density at radius 2 is 0.975 bits per heavy atom. The number of fused-ring (bicyclic) bond motifs is 1. The SMILES string of the molecule is COc1ccc(P2(c3ccc(OC)cc3)(c3ccc(OC)cc3)O[C@@H](c3ccc(Cl)cc3)c3ccccc32)cc1. The summed E-state index contributed by atoms with van der Waals surface area (Å²) < 4.78 is 24.5. The molecule has 1 aliphatic heterocycles. The molecule has 5 aromatic carbocycles. The Hall–Kier alpha value is -3.82. The van der Waals surface area contributed by atoms with Crippen molar-refractivity contribution in [3.05, 3.63) is 137 Å². The van der Waals surface area contributed by atoms with Crippen molar-refractivity contribution in [3.63, 3.8) is 0 Å². The van der Waals surface area contributed by atoms with Crippen molar-refractivity contribution in [2.75, 3.05) is 21.3 Å². The number of benzene rings is 5. The fourth-order valence-corrected chi connectivity index (χ4v) is 12.1. The molecule has 0 saturated carbocycles. The van der Waals surface area contributed by atoms with Gasteiger partial charge < -0.3 is 0 Å². The van der Waals surface area contributed by atoms with E-state index in [9.17, 15) is 0 Å². The third-order valence-corrected chi connectivity index (χ3v) is 13.9. The van der Waals surface area contributed by atoms with Gasteiger partial charge in [-0.15, -0.1) is 0 Å². The van der Waals surface area contributed by atoms with Crippen molar-refractivity contribution in [2.24, 2.45) is 0 Å². The molecule has 0 spiro atoms. The number of methoxy groups -OCH3 is 3. The second-order valence-corrected chi connectivity index (χ2v) is 14.5. The van der Waals surface area contributed by atoms with E-state index in [0.29, 0.717) is 5.02 Å². The predicted octanol–water partition coefficient (Wildman–Crippen LogP) is 6.56. The number of rotatable bonds is 7. The van der Waals surface area contributed by atoms with E-state index >= 15 is 0 Å². The van der Waals surface area contributed by atoms with Crippen molar-refractivity contribution in [2.45, 2.75) is 6.10 Å². The molecule has 0 N–H and O–H groups in total. The molecule has 5 aromatic rings. The molecule has 0 saturated heterocycles. The van der Waals surface area contributed by atoms with E-state index in [-0.39, 0.29) is 6.10 Å².